The first-order chi connectivity index (χ1) is 13.5. The van der Waals surface area contributed by atoms with Crippen molar-refractivity contribution in [2.24, 2.45) is 0 Å². The number of nitro benzene ring substituents is 1. The van der Waals surface area contributed by atoms with Gasteiger partial charge < -0.3 is 14.8 Å². The first-order valence-corrected chi connectivity index (χ1v) is 9.96. The molecular weight excluding hydrogens is 380 g/mol. The van der Waals surface area contributed by atoms with Crippen molar-refractivity contribution in [1.29, 1.82) is 0 Å². The second kappa shape index (κ2) is 10.6. The molecule has 1 N–H and O–H groups in total. The fourth-order valence-electron chi connectivity index (χ4n) is 2.70. The minimum Gasteiger partial charge on any atom is -0.493 e. The molecule has 28 heavy (non-hydrogen) atoms. The van der Waals surface area contributed by atoms with Crippen molar-refractivity contribution in [2.75, 3.05) is 20.0 Å². The van der Waals surface area contributed by atoms with E-state index in [9.17, 15) is 14.9 Å². The van der Waals surface area contributed by atoms with Crippen molar-refractivity contribution in [3.63, 3.8) is 0 Å². The zero-order valence-corrected chi connectivity index (χ0v) is 17.0. The van der Waals surface area contributed by atoms with E-state index < -0.39 is 4.92 Å². The van der Waals surface area contributed by atoms with E-state index in [0.717, 1.165) is 17.5 Å². The van der Waals surface area contributed by atoms with Gasteiger partial charge in [-0.25, -0.2) is 0 Å². The fraction of sp³-hybridized carbons (Fsp3) is 0.350. The lowest BCUT2D eigenvalue weighted by Gasteiger charge is -2.19. The molecule has 0 aliphatic rings. The van der Waals surface area contributed by atoms with Crippen molar-refractivity contribution in [3.05, 3.63) is 63.7 Å². The van der Waals surface area contributed by atoms with Crippen LogP contribution in [0.2, 0.25) is 0 Å². The SMILES string of the molecule is CC[C@H](NC(=O)CSCc1ccc([N+](=O)[O-])cc1)c1ccc(OC)c(OC)c1. The number of nitrogens with one attached hydrogen (secondary N) is 1. The highest BCUT2D eigenvalue weighted by Crippen LogP contribution is 2.31. The Hall–Kier alpha value is -2.74. The lowest BCUT2D eigenvalue weighted by molar-refractivity contribution is -0.384. The van der Waals surface area contributed by atoms with E-state index in [2.05, 4.69) is 5.32 Å². The Kier molecular flexibility index (Phi) is 8.13. The Bertz CT molecular complexity index is 811. The molecule has 0 fully saturated rings. The summed E-state index contributed by atoms with van der Waals surface area (Å²) in [5.74, 6) is 2.12. The number of carbonyl (C=O) groups is 1. The van der Waals surface area contributed by atoms with Crippen molar-refractivity contribution in [1.82, 2.24) is 5.32 Å². The van der Waals surface area contributed by atoms with E-state index in [-0.39, 0.29) is 17.6 Å². The van der Waals surface area contributed by atoms with Gasteiger partial charge >= 0.3 is 0 Å². The van der Waals surface area contributed by atoms with Crippen molar-refractivity contribution >= 4 is 23.4 Å². The molecule has 0 saturated carbocycles. The standard InChI is InChI=1S/C20H24N2O5S/c1-4-17(15-7-10-18(26-2)19(11-15)27-3)21-20(23)13-28-12-14-5-8-16(9-6-14)22(24)25/h5-11,17H,4,12-13H2,1-3H3,(H,21,23)/t17-/m0/s1. The summed E-state index contributed by atoms with van der Waals surface area (Å²) in [4.78, 5) is 22.6. The zero-order valence-electron chi connectivity index (χ0n) is 16.1. The molecule has 0 aliphatic carbocycles. The summed E-state index contributed by atoms with van der Waals surface area (Å²) in [7, 11) is 3.16. The third kappa shape index (κ3) is 5.88. The predicted molar refractivity (Wildman–Crippen MR) is 110 cm³/mol. The average molecular weight is 404 g/mol. The number of non-ortho nitro benzene ring substituents is 1. The minimum atomic E-state index is -0.427. The Morgan fingerprint density at radius 2 is 1.82 bits per heavy atom. The smallest absolute Gasteiger partial charge is 0.269 e. The van der Waals surface area contributed by atoms with Crippen LogP contribution in [0.3, 0.4) is 0 Å². The van der Waals surface area contributed by atoms with Crippen LogP contribution in [0, 0.1) is 10.1 Å². The van der Waals surface area contributed by atoms with E-state index in [1.807, 2.05) is 25.1 Å². The number of nitrogens with zero attached hydrogens (tertiary/aromatic N) is 1. The van der Waals surface area contributed by atoms with Crippen LogP contribution >= 0.6 is 11.8 Å². The van der Waals surface area contributed by atoms with Crippen LogP contribution in [0.25, 0.3) is 0 Å². The van der Waals surface area contributed by atoms with Crippen molar-refractivity contribution in [3.8, 4) is 11.5 Å². The molecule has 0 radical (unpaired) electrons. The molecule has 0 heterocycles. The molecule has 8 heteroatoms. The summed E-state index contributed by atoms with van der Waals surface area (Å²) < 4.78 is 10.6. The third-order valence-corrected chi connectivity index (χ3v) is 5.21. The number of methoxy groups -OCH3 is 2. The van der Waals surface area contributed by atoms with Gasteiger partial charge in [-0.05, 0) is 29.7 Å². The van der Waals surface area contributed by atoms with Gasteiger partial charge in [-0.15, -0.1) is 11.8 Å². The van der Waals surface area contributed by atoms with Gasteiger partial charge in [0.05, 0.1) is 30.9 Å². The molecule has 1 atom stereocenters. The molecule has 7 nitrogen and oxygen atoms in total. The van der Waals surface area contributed by atoms with E-state index in [4.69, 9.17) is 9.47 Å². The fourth-order valence-corrected chi connectivity index (χ4v) is 3.50. The highest BCUT2D eigenvalue weighted by Gasteiger charge is 2.15. The molecule has 0 unspecified atom stereocenters. The number of carbonyl (C=O) groups excluding carboxylic acids is 1. The monoisotopic (exact) mass is 404 g/mol. The van der Waals surface area contributed by atoms with E-state index in [1.165, 1.54) is 23.9 Å². The average Bonchev–Trinajstić information content (AvgIpc) is 2.71. The lowest BCUT2D eigenvalue weighted by atomic mass is 10.0. The van der Waals surface area contributed by atoms with Gasteiger partial charge in [0.15, 0.2) is 11.5 Å². The number of nitro groups is 1. The minimum absolute atomic E-state index is 0.0615. The maximum atomic E-state index is 12.3. The third-order valence-electron chi connectivity index (χ3n) is 4.20. The number of benzene rings is 2. The summed E-state index contributed by atoms with van der Waals surface area (Å²) >= 11 is 1.46. The van der Waals surface area contributed by atoms with Gasteiger partial charge in [-0.1, -0.05) is 25.1 Å². The van der Waals surface area contributed by atoms with Gasteiger partial charge in [-0.3, -0.25) is 14.9 Å². The lowest BCUT2D eigenvalue weighted by Crippen LogP contribution is -2.29. The zero-order chi connectivity index (χ0) is 20.5. The molecule has 2 aromatic carbocycles. The Morgan fingerprint density at radius 3 is 2.39 bits per heavy atom. The quantitative estimate of drug-likeness (QED) is 0.473. The van der Waals surface area contributed by atoms with Crippen LogP contribution in [0.4, 0.5) is 5.69 Å². The molecule has 150 valence electrons. The predicted octanol–water partition coefficient (Wildman–Crippen LogP) is 4.11. The summed E-state index contributed by atoms with van der Waals surface area (Å²) in [6.45, 7) is 2.01. The van der Waals surface area contributed by atoms with E-state index >= 15 is 0 Å². The highest BCUT2D eigenvalue weighted by atomic mass is 32.2. The summed E-state index contributed by atoms with van der Waals surface area (Å²) in [5.41, 5.74) is 1.96. The number of hydrogen-bond acceptors (Lipinski definition) is 6. The molecule has 0 aliphatic heterocycles. The second-order valence-electron chi connectivity index (χ2n) is 6.06. The van der Waals surface area contributed by atoms with E-state index in [0.29, 0.717) is 23.0 Å². The number of ether oxygens (including phenoxy) is 2. The number of rotatable bonds is 10. The van der Waals surface area contributed by atoms with Crippen molar-refractivity contribution in [2.45, 2.75) is 25.1 Å². The first kappa shape index (κ1) is 21.6. The van der Waals surface area contributed by atoms with Crippen LogP contribution in [-0.4, -0.2) is 30.8 Å². The Balaban J connectivity index is 1.89. The Labute approximate surface area is 168 Å². The summed E-state index contributed by atoms with van der Waals surface area (Å²) in [6.07, 6.45) is 0.744. The summed E-state index contributed by atoms with van der Waals surface area (Å²) in [5, 5.41) is 13.7. The molecule has 0 bridgehead atoms. The number of hydrogen-bond donors (Lipinski definition) is 1. The largest absolute Gasteiger partial charge is 0.493 e. The van der Waals surface area contributed by atoms with Gasteiger partial charge in [0.1, 0.15) is 0 Å². The van der Waals surface area contributed by atoms with Crippen LogP contribution in [0.1, 0.15) is 30.5 Å². The number of thioether (sulfide) groups is 1. The molecule has 0 aromatic heterocycles. The van der Waals surface area contributed by atoms with Gasteiger partial charge in [-0.2, -0.15) is 0 Å². The highest BCUT2D eigenvalue weighted by molar-refractivity contribution is 7.99. The molecule has 0 spiro atoms. The van der Waals surface area contributed by atoms with Crippen LogP contribution in [0.15, 0.2) is 42.5 Å². The maximum absolute atomic E-state index is 12.3. The molecule has 2 aromatic rings. The molecular formula is C20H24N2O5S. The summed E-state index contributed by atoms with van der Waals surface area (Å²) in [6, 6.07) is 11.9. The number of amides is 1. The molecule has 2 rings (SSSR count). The second-order valence-corrected chi connectivity index (χ2v) is 7.04. The molecule has 0 saturated heterocycles. The van der Waals surface area contributed by atoms with Crippen LogP contribution in [-0.2, 0) is 10.5 Å². The van der Waals surface area contributed by atoms with Gasteiger partial charge in [0.2, 0.25) is 5.91 Å². The Morgan fingerprint density at radius 1 is 1.14 bits per heavy atom. The van der Waals surface area contributed by atoms with Gasteiger partial charge in [0, 0.05) is 17.9 Å². The topological polar surface area (TPSA) is 90.7 Å². The first-order valence-electron chi connectivity index (χ1n) is 8.80. The maximum Gasteiger partial charge on any atom is 0.269 e. The van der Waals surface area contributed by atoms with Crippen LogP contribution < -0.4 is 14.8 Å². The van der Waals surface area contributed by atoms with Gasteiger partial charge in [0.25, 0.3) is 5.69 Å². The van der Waals surface area contributed by atoms with E-state index in [1.54, 1.807) is 26.4 Å². The van der Waals surface area contributed by atoms with Crippen molar-refractivity contribution < 1.29 is 19.2 Å². The van der Waals surface area contributed by atoms with Crippen LogP contribution in [0.5, 0.6) is 11.5 Å². The molecule has 1 amide bonds. The normalized spacial score (nSPS) is 11.5.